The molecule has 3 N–H and O–H groups in total. The van der Waals surface area contributed by atoms with Crippen molar-refractivity contribution in [2.75, 3.05) is 37.8 Å². The number of ether oxygens (including phenoxy) is 2. The molecule has 1 aliphatic rings. The van der Waals surface area contributed by atoms with Gasteiger partial charge in [0.05, 0.1) is 12.0 Å². The zero-order chi connectivity index (χ0) is 36.9. The Kier molecular flexibility index (Phi) is 14.2. The van der Waals surface area contributed by atoms with Crippen molar-refractivity contribution in [3.63, 3.8) is 0 Å². The first-order chi connectivity index (χ1) is 24.4. The number of hydrogen-bond acceptors (Lipinski definition) is 10. The summed E-state index contributed by atoms with van der Waals surface area (Å²) in [5.74, 6) is 1.51. The number of benzene rings is 1. The molecule has 1 fully saturated rings. The highest BCUT2D eigenvalue weighted by Crippen LogP contribution is 2.38. The molecular weight excluding hydrogens is 684 g/mol. The topological polar surface area (TPSA) is 142 Å². The molecule has 0 spiro atoms. The lowest BCUT2D eigenvalue weighted by Gasteiger charge is -2.32. The highest BCUT2D eigenvalue weighted by Gasteiger charge is 2.48. The van der Waals surface area contributed by atoms with Crippen molar-refractivity contribution >= 4 is 24.2 Å². The summed E-state index contributed by atoms with van der Waals surface area (Å²) in [6, 6.07) is 15.6. The van der Waals surface area contributed by atoms with Crippen molar-refractivity contribution in [2.24, 2.45) is 16.0 Å². The molecular formula is C36H46F3N7O4S. The van der Waals surface area contributed by atoms with E-state index in [4.69, 9.17) is 29.5 Å². The van der Waals surface area contributed by atoms with Crippen molar-refractivity contribution in [1.29, 1.82) is 0 Å². The Labute approximate surface area is 300 Å². The Morgan fingerprint density at radius 2 is 1.82 bits per heavy atom. The molecule has 0 aliphatic carbocycles. The maximum Gasteiger partial charge on any atom is 0.397 e. The second-order valence-electron chi connectivity index (χ2n) is 13.4. The van der Waals surface area contributed by atoms with Gasteiger partial charge in [0.15, 0.2) is 5.82 Å². The van der Waals surface area contributed by atoms with Gasteiger partial charge in [0, 0.05) is 55.3 Å². The van der Waals surface area contributed by atoms with Gasteiger partial charge in [-0.2, -0.15) is 13.2 Å². The summed E-state index contributed by atoms with van der Waals surface area (Å²) in [6.45, 7) is 7.05. The lowest BCUT2D eigenvalue weighted by molar-refractivity contribution is -0.219. The van der Waals surface area contributed by atoms with Gasteiger partial charge >= 0.3 is 6.18 Å². The van der Waals surface area contributed by atoms with Crippen molar-refractivity contribution in [3.05, 3.63) is 72.7 Å². The second-order valence-corrected chi connectivity index (χ2v) is 14.1. The van der Waals surface area contributed by atoms with Gasteiger partial charge in [-0.1, -0.05) is 50.1 Å². The molecule has 0 radical (unpaired) electrons. The van der Waals surface area contributed by atoms with Gasteiger partial charge < -0.3 is 19.5 Å². The van der Waals surface area contributed by atoms with Crippen LogP contribution in [0.3, 0.4) is 0 Å². The normalized spacial score (nSPS) is 16.0. The first-order valence-corrected chi connectivity index (χ1v) is 17.7. The molecule has 1 unspecified atom stereocenters. The fourth-order valence-electron chi connectivity index (χ4n) is 5.68. The number of nitrogens with zero attached hydrogens (tertiary/aromatic N) is 6. The number of alkyl halides is 3. The zero-order valence-corrected chi connectivity index (χ0v) is 30.0. The molecule has 1 aromatic carbocycles. The Morgan fingerprint density at radius 3 is 2.55 bits per heavy atom. The quantitative estimate of drug-likeness (QED) is 0.0677. The summed E-state index contributed by atoms with van der Waals surface area (Å²) in [5, 5.41) is 17.9. The number of aryl methyl sites for hydroxylation is 1. The number of carboxylic acid groups (broad SMARTS) is 1. The van der Waals surface area contributed by atoms with Crippen molar-refractivity contribution in [2.45, 2.75) is 70.5 Å². The van der Waals surface area contributed by atoms with E-state index in [2.05, 4.69) is 39.0 Å². The van der Waals surface area contributed by atoms with E-state index in [9.17, 15) is 13.2 Å². The number of carbonyl (C=O) groups is 1. The molecule has 11 nitrogen and oxygen atoms in total. The molecule has 15 heteroatoms. The number of unbranched alkanes of at least 4 members (excludes halogenated alkanes) is 3. The van der Waals surface area contributed by atoms with Crippen molar-refractivity contribution < 1.29 is 32.5 Å². The second kappa shape index (κ2) is 18.3. The smallest absolute Gasteiger partial charge is 0.397 e. The van der Waals surface area contributed by atoms with Crippen LogP contribution >= 0.6 is 11.9 Å². The Bertz CT molecular complexity index is 1680. The first kappa shape index (κ1) is 39.6. The van der Waals surface area contributed by atoms with Crippen LogP contribution in [0.1, 0.15) is 58.4 Å². The number of pyridine rings is 1. The fraction of sp³-hybridized carbons (Fsp3) is 0.472. The summed E-state index contributed by atoms with van der Waals surface area (Å²) >= 11 is 1.16. The first-order valence-electron chi connectivity index (χ1n) is 16.8. The third-order valence-electron chi connectivity index (χ3n) is 8.73. The fourth-order valence-corrected chi connectivity index (χ4v) is 5.99. The zero-order valence-electron chi connectivity index (χ0n) is 29.2. The van der Waals surface area contributed by atoms with Crippen LogP contribution in [0.4, 0.5) is 19.0 Å². The number of halogens is 3. The van der Waals surface area contributed by atoms with Crippen molar-refractivity contribution in [3.8, 4) is 23.0 Å². The lowest BCUT2D eigenvalue weighted by atomic mass is 9.89. The molecule has 51 heavy (non-hydrogen) atoms. The summed E-state index contributed by atoms with van der Waals surface area (Å²) in [5.41, 5.74) is 0.821. The maximum absolute atomic E-state index is 13.3. The molecule has 1 saturated heterocycles. The molecule has 0 bridgehead atoms. The van der Waals surface area contributed by atoms with Crippen LogP contribution in [-0.4, -0.2) is 75.4 Å². The van der Waals surface area contributed by atoms with Gasteiger partial charge in [0.2, 0.25) is 5.88 Å². The highest BCUT2D eigenvalue weighted by atomic mass is 32.2. The van der Waals surface area contributed by atoms with E-state index in [0.29, 0.717) is 11.5 Å². The van der Waals surface area contributed by atoms with E-state index < -0.39 is 18.2 Å². The van der Waals surface area contributed by atoms with Crippen LogP contribution in [0.5, 0.6) is 5.88 Å². The molecule has 4 heterocycles. The van der Waals surface area contributed by atoms with Crippen LogP contribution < -0.4 is 14.8 Å². The predicted molar refractivity (Wildman–Crippen MR) is 191 cm³/mol. The average Bonchev–Trinajstić information content (AvgIpc) is 3.78. The van der Waals surface area contributed by atoms with Crippen LogP contribution in [0.15, 0.2) is 72.1 Å². The monoisotopic (exact) mass is 729 g/mol. The third-order valence-corrected chi connectivity index (χ3v) is 9.20. The largest absolute Gasteiger partial charge is 0.483 e. The number of nitrogens with two attached hydrogens (primary N) is 1. The maximum atomic E-state index is 13.3. The highest BCUT2D eigenvalue weighted by molar-refractivity contribution is 7.97. The summed E-state index contributed by atoms with van der Waals surface area (Å²) in [6.07, 6.45) is 6.52. The Hall–Kier alpha value is -4.21. The number of aromatic nitrogens is 5. The molecule has 0 amide bonds. The Balaban J connectivity index is 0.00000188. The van der Waals surface area contributed by atoms with Crippen LogP contribution in [0.25, 0.3) is 17.1 Å². The molecule has 3 aromatic heterocycles. The summed E-state index contributed by atoms with van der Waals surface area (Å²) in [7, 11) is 0. The van der Waals surface area contributed by atoms with Gasteiger partial charge in [0.1, 0.15) is 23.1 Å². The van der Waals surface area contributed by atoms with Crippen LogP contribution in [0.2, 0.25) is 0 Å². The minimum Gasteiger partial charge on any atom is -0.483 e. The molecule has 4 aromatic rings. The number of rotatable bonds is 16. The van der Waals surface area contributed by atoms with E-state index in [0.717, 1.165) is 113 Å². The van der Waals surface area contributed by atoms with Gasteiger partial charge in [-0.3, -0.25) is 14.9 Å². The lowest BCUT2D eigenvalue weighted by Crippen LogP contribution is -2.37. The molecule has 0 saturated carbocycles. The summed E-state index contributed by atoms with van der Waals surface area (Å²) in [4.78, 5) is 24.7. The summed E-state index contributed by atoms with van der Waals surface area (Å²) < 4.78 is 52.5. The van der Waals surface area contributed by atoms with E-state index in [1.807, 2.05) is 30.3 Å². The van der Waals surface area contributed by atoms with Gasteiger partial charge in [-0.15, -0.1) is 5.10 Å². The van der Waals surface area contributed by atoms with Gasteiger partial charge in [0.25, 0.3) is 6.47 Å². The predicted octanol–water partition coefficient (Wildman–Crippen LogP) is 7.39. The van der Waals surface area contributed by atoms with Crippen LogP contribution in [-0.2, 0) is 16.0 Å². The van der Waals surface area contributed by atoms with Gasteiger partial charge in [-0.25, -0.2) is 14.6 Å². The third kappa shape index (κ3) is 11.1. The van der Waals surface area contributed by atoms with Gasteiger partial charge in [-0.05, 0) is 69.2 Å². The SMILES string of the molecule is CC1(CN(CCCCCCc2ccccc2-c2nccnc2-n2ccc(OCC(C)(C)C(F)(F)F)n2)c2cccc(SN)n2)CCOC1.O=CO. The van der Waals surface area contributed by atoms with E-state index in [1.165, 1.54) is 10.7 Å². The molecule has 276 valence electrons. The molecule has 1 aliphatic heterocycles. The van der Waals surface area contributed by atoms with Crippen molar-refractivity contribution in [1.82, 2.24) is 24.7 Å². The average molecular weight is 730 g/mol. The van der Waals surface area contributed by atoms with E-state index in [-0.39, 0.29) is 17.8 Å². The van der Waals surface area contributed by atoms with E-state index >= 15 is 0 Å². The molecule has 5 rings (SSSR count). The van der Waals surface area contributed by atoms with Crippen LogP contribution in [0, 0.1) is 10.8 Å². The number of anilines is 1. The van der Waals surface area contributed by atoms with E-state index in [1.54, 1.807) is 18.6 Å². The minimum atomic E-state index is -4.39. The minimum absolute atomic E-state index is 0.0863. The number of hydrogen-bond donors (Lipinski definition) is 2. The molecule has 1 atom stereocenters. The standard InChI is InChI=1S/C35H44F3N7O2S.CH2O2/c1-33(2,35(36,37)38)24-47-29-16-21-45(43-29)32-31(40-18-19-41-32)27-13-8-7-12-26(27)11-6-4-5-9-20-44(23-34(3)17-22-46-25-34)28-14-10-15-30(42-28)48-39;2-1-3/h7-8,10,12-16,18-19,21H,4-6,9,11,17,20,22-25,39H2,1-3H3;1H,(H,2,3). The Morgan fingerprint density at radius 1 is 1.08 bits per heavy atom.